The van der Waals surface area contributed by atoms with Crippen LogP contribution >= 0.6 is 0 Å². The zero-order valence-corrected chi connectivity index (χ0v) is 15.2. The van der Waals surface area contributed by atoms with Gasteiger partial charge in [-0.05, 0) is 53.6 Å². The van der Waals surface area contributed by atoms with E-state index in [1.54, 1.807) is 36.9 Å². The molecule has 1 amide bonds. The van der Waals surface area contributed by atoms with Crippen LogP contribution in [0.5, 0.6) is 0 Å². The van der Waals surface area contributed by atoms with Crippen LogP contribution in [0.1, 0.15) is 21.5 Å². The molecule has 0 unspecified atom stereocenters. The Kier molecular flexibility index (Phi) is 5.90. The number of pyridine rings is 2. The maximum Gasteiger partial charge on any atom is 0.251 e. The number of amides is 1. The molecular formula is C19H18N4O3S. The highest BCUT2D eigenvalue weighted by atomic mass is 32.2. The summed E-state index contributed by atoms with van der Waals surface area (Å²) in [6.45, 7) is 0.512. The highest BCUT2D eigenvalue weighted by Crippen LogP contribution is 2.11. The minimum Gasteiger partial charge on any atom is -0.348 e. The zero-order chi connectivity index (χ0) is 19.1. The zero-order valence-electron chi connectivity index (χ0n) is 14.4. The fourth-order valence-electron chi connectivity index (χ4n) is 2.33. The van der Waals surface area contributed by atoms with Gasteiger partial charge >= 0.3 is 0 Å². The molecule has 2 aromatic heterocycles. The lowest BCUT2D eigenvalue weighted by Crippen LogP contribution is -2.24. The van der Waals surface area contributed by atoms with E-state index in [1.165, 1.54) is 24.3 Å². The molecule has 0 aliphatic heterocycles. The largest absolute Gasteiger partial charge is 0.348 e. The Morgan fingerprint density at radius 3 is 2.26 bits per heavy atom. The summed E-state index contributed by atoms with van der Waals surface area (Å²) >= 11 is 0. The fraction of sp³-hybridized carbons (Fsp3) is 0.105. The molecule has 0 fully saturated rings. The third-order valence-electron chi connectivity index (χ3n) is 3.82. The number of nitrogens with one attached hydrogen (secondary N) is 2. The first-order valence-corrected chi connectivity index (χ1v) is 9.69. The Labute approximate surface area is 157 Å². The number of nitrogens with zero attached hydrogens (tertiary/aromatic N) is 2. The Hall–Kier alpha value is -3.10. The summed E-state index contributed by atoms with van der Waals surface area (Å²) < 4.78 is 27.2. The first-order valence-electron chi connectivity index (χ1n) is 8.20. The van der Waals surface area contributed by atoms with E-state index in [1.807, 2.05) is 12.1 Å². The highest BCUT2D eigenvalue weighted by Gasteiger charge is 2.15. The van der Waals surface area contributed by atoms with Crippen LogP contribution in [-0.2, 0) is 23.1 Å². The molecule has 27 heavy (non-hydrogen) atoms. The van der Waals surface area contributed by atoms with Crippen molar-refractivity contribution < 1.29 is 13.2 Å². The molecule has 8 heteroatoms. The molecule has 0 spiro atoms. The molecular weight excluding hydrogens is 364 g/mol. The summed E-state index contributed by atoms with van der Waals surface area (Å²) in [4.78, 5) is 20.1. The van der Waals surface area contributed by atoms with Crippen molar-refractivity contribution in [1.82, 2.24) is 20.0 Å². The van der Waals surface area contributed by atoms with Crippen molar-refractivity contribution in [1.29, 1.82) is 0 Å². The van der Waals surface area contributed by atoms with E-state index in [0.29, 0.717) is 12.1 Å². The molecule has 0 saturated heterocycles. The standard InChI is InChI=1S/C19H18N4O3S/c24-19(22-13-15-7-10-20-11-8-15)17-3-5-18(6-4-17)27(25,26)23-14-16-2-1-9-21-12-16/h1-12,23H,13-14H2,(H,22,24). The van der Waals surface area contributed by atoms with Crippen LogP contribution in [0.3, 0.4) is 0 Å². The van der Waals surface area contributed by atoms with Gasteiger partial charge in [-0.25, -0.2) is 13.1 Å². The molecule has 3 aromatic rings. The third kappa shape index (κ3) is 5.19. The van der Waals surface area contributed by atoms with Crippen molar-refractivity contribution in [2.24, 2.45) is 0 Å². The lowest BCUT2D eigenvalue weighted by molar-refractivity contribution is 0.0951. The average Bonchev–Trinajstić information content (AvgIpc) is 2.72. The number of benzene rings is 1. The van der Waals surface area contributed by atoms with Gasteiger partial charge in [-0.2, -0.15) is 0 Å². The van der Waals surface area contributed by atoms with Crippen LogP contribution in [-0.4, -0.2) is 24.3 Å². The molecule has 0 aliphatic rings. The predicted octanol–water partition coefficient (Wildman–Crippen LogP) is 1.89. The number of hydrogen-bond acceptors (Lipinski definition) is 5. The Morgan fingerprint density at radius 1 is 0.852 bits per heavy atom. The topological polar surface area (TPSA) is 101 Å². The van der Waals surface area contributed by atoms with Gasteiger partial charge in [0.05, 0.1) is 4.90 Å². The van der Waals surface area contributed by atoms with Crippen LogP contribution in [0.25, 0.3) is 0 Å². The second-order valence-electron chi connectivity index (χ2n) is 5.75. The molecule has 0 radical (unpaired) electrons. The van der Waals surface area contributed by atoms with Gasteiger partial charge in [-0.15, -0.1) is 0 Å². The van der Waals surface area contributed by atoms with E-state index in [9.17, 15) is 13.2 Å². The highest BCUT2D eigenvalue weighted by molar-refractivity contribution is 7.89. The summed E-state index contributed by atoms with van der Waals surface area (Å²) in [5, 5.41) is 2.78. The molecule has 1 aromatic carbocycles. The van der Waals surface area contributed by atoms with Crippen LogP contribution < -0.4 is 10.0 Å². The molecule has 0 bridgehead atoms. The monoisotopic (exact) mass is 382 g/mol. The van der Waals surface area contributed by atoms with Gasteiger partial charge in [0.25, 0.3) is 5.91 Å². The maximum atomic E-state index is 12.4. The maximum absolute atomic E-state index is 12.4. The van der Waals surface area contributed by atoms with Gasteiger partial charge in [0.1, 0.15) is 0 Å². The molecule has 3 rings (SSSR count). The second kappa shape index (κ2) is 8.52. The van der Waals surface area contributed by atoms with Crippen LogP contribution in [0.2, 0.25) is 0 Å². The van der Waals surface area contributed by atoms with Gasteiger partial charge in [-0.1, -0.05) is 6.07 Å². The van der Waals surface area contributed by atoms with Crippen molar-refractivity contribution in [3.63, 3.8) is 0 Å². The lowest BCUT2D eigenvalue weighted by Gasteiger charge is -2.08. The molecule has 138 valence electrons. The van der Waals surface area contributed by atoms with E-state index in [4.69, 9.17) is 0 Å². The van der Waals surface area contributed by atoms with Crippen LogP contribution in [0.15, 0.2) is 78.2 Å². The molecule has 0 atom stereocenters. The van der Waals surface area contributed by atoms with Gasteiger partial charge in [0, 0.05) is 43.4 Å². The van der Waals surface area contributed by atoms with Crippen LogP contribution in [0, 0.1) is 0 Å². The third-order valence-corrected chi connectivity index (χ3v) is 5.24. The predicted molar refractivity (Wildman–Crippen MR) is 100 cm³/mol. The van der Waals surface area contributed by atoms with E-state index in [0.717, 1.165) is 11.1 Å². The van der Waals surface area contributed by atoms with Crippen molar-refractivity contribution in [2.45, 2.75) is 18.0 Å². The number of aromatic nitrogens is 2. The fourth-order valence-corrected chi connectivity index (χ4v) is 3.35. The lowest BCUT2D eigenvalue weighted by atomic mass is 10.2. The van der Waals surface area contributed by atoms with Gasteiger partial charge in [0.2, 0.25) is 10.0 Å². The summed E-state index contributed by atoms with van der Waals surface area (Å²) in [5.41, 5.74) is 2.07. The molecule has 2 heterocycles. The van der Waals surface area contributed by atoms with E-state index < -0.39 is 10.0 Å². The molecule has 2 N–H and O–H groups in total. The van der Waals surface area contributed by atoms with E-state index in [2.05, 4.69) is 20.0 Å². The van der Waals surface area contributed by atoms with Gasteiger partial charge in [-0.3, -0.25) is 14.8 Å². The normalized spacial score (nSPS) is 11.1. The number of sulfonamides is 1. The van der Waals surface area contributed by atoms with Crippen molar-refractivity contribution in [3.05, 3.63) is 90.0 Å². The van der Waals surface area contributed by atoms with Crippen molar-refractivity contribution >= 4 is 15.9 Å². The quantitative estimate of drug-likeness (QED) is 0.650. The van der Waals surface area contributed by atoms with Gasteiger partial charge in [0.15, 0.2) is 0 Å². The summed E-state index contributed by atoms with van der Waals surface area (Å²) in [7, 11) is -3.67. The minimum absolute atomic E-state index is 0.0945. The number of rotatable bonds is 7. The number of carbonyl (C=O) groups is 1. The van der Waals surface area contributed by atoms with E-state index in [-0.39, 0.29) is 17.3 Å². The smallest absolute Gasteiger partial charge is 0.251 e. The van der Waals surface area contributed by atoms with Gasteiger partial charge < -0.3 is 5.32 Å². The average molecular weight is 382 g/mol. The molecule has 0 aliphatic carbocycles. The second-order valence-corrected chi connectivity index (χ2v) is 7.52. The first-order chi connectivity index (χ1) is 13.0. The molecule has 0 saturated carbocycles. The Morgan fingerprint density at radius 2 is 1.59 bits per heavy atom. The number of carbonyl (C=O) groups excluding carboxylic acids is 1. The summed E-state index contributed by atoms with van der Waals surface area (Å²) in [5.74, 6) is -0.279. The number of hydrogen-bond donors (Lipinski definition) is 2. The Bertz CT molecular complexity index is 992. The van der Waals surface area contributed by atoms with Crippen LogP contribution in [0.4, 0.5) is 0 Å². The molecule has 7 nitrogen and oxygen atoms in total. The first kappa shape index (κ1) is 18.7. The van der Waals surface area contributed by atoms with Crippen molar-refractivity contribution in [2.75, 3.05) is 0 Å². The minimum atomic E-state index is -3.67. The Balaban J connectivity index is 1.61. The van der Waals surface area contributed by atoms with Crippen molar-refractivity contribution in [3.8, 4) is 0 Å². The summed E-state index contributed by atoms with van der Waals surface area (Å²) in [6, 6.07) is 12.9. The van der Waals surface area contributed by atoms with E-state index >= 15 is 0 Å². The summed E-state index contributed by atoms with van der Waals surface area (Å²) in [6.07, 6.45) is 6.52. The SMILES string of the molecule is O=C(NCc1ccncc1)c1ccc(S(=O)(=O)NCc2cccnc2)cc1.